The second-order valence-corrected chi connectivity index (χ2v) is 67.4. The summed E-state index contributed by atoms with van der Waals surface area (Å²) >= 11 is 126. The molecule has 0 unspecified atom stereocenters. The van der Waals surface area contributed by atoms with Gasteiger partial charge in [0, 0.05) is 0 Å². The van der Waals surface area contributed by atoms with Gasteiger partial charge in [-0.2, -0.15) is 0 Å². The highest BCUT2D eigenvalue weighted by atomic mass is 80.0. The van der Waals surface area contributed by atoms with Crippen LogP contribution in [-0.4, -0.2) is 55.9 Å². The number of aliphatic hydroxyl groups is 1. The third kappa shape index (κ3) is 11.1. The Balaban J connectivity index is 7.70. The van der Waals surface area contributed by atoms with E-state index >= 15 is 0 Å². The van der Waals surface area contributed by atoms with Gasteiger partial charge in [0.15, 0.2) is 5.38 Å². The zero-order chi connectivity index (χ0) is 42.0. The van der Waals surface area contributed by atoms with E-state index in [0.29, 0.717) is 0 Å². The predicted octanol–water partition coefficient (Wildman–Crippen LogP) is 24.1. The molecular weight excluding hydrogens is 2850 g/mol. The fourth-order valence-electron chi connectivity index (χ4n) is 2.73. The first kappa shape index (κ1) is 65.8. The van der Waals surface area contributed by atoms with Crippen LogP contribution in [-0.2, 0) is 0 Å². The second kappa shape index (κ2) is 21.1. The standard InChI is InChI=1S/C16HBr33O/c17-1(18,3(21,22)5(25,26)7(29,30)9(33,34)11(37,38)13(41,42)15(45,46)47)2(19,20)4(23,24)6(27,28)8(31,32)10(35,36)12(39,40)14(43,44)16(48,49)50/h50H. The minimum Gasteiger partial charge on any atom is -0.368 e. The molecule has 0 atom stereocenters. The smallest absolute Gasteiger partial charge is 0.202 e. The number of halogens is 33. The molecule has 1 N–H and O–H groups in total. The summed E-state index contributed by atoms with van der Waals surface area (Å²) in [6, 6.07) is 0. The average Bonchev–Trinajstić information content (AvgIpc) is 2.85. The Bertz CT molecular complexity index is 1150. The van der Waals surface area contributed by atoms with Gasteiger partial charge in [0.05, 0.1) is 0 Å². The van der Waals surface area contributed by atoms with Gasteiger partial charge in [0.25, 0.3) is 0 Å². The highest BCUT2D eigenvalue weighted by molar-refractivity contribution is 9.43. The van der Waals surface area contributed by atoms with E-state index < -0.39 is 50.8 Å². The van der Waals surface area contributed by atoms with Crippen LogP contribution in [0.25, 0.3) is 0 Å². The molecule has 1 nitrogen and oxygen atoms in total. The van der Waals surface area contributed by atoms with E-state index in [-0.39, 0.29) is 0 Å². The van der Waals surface area contributed by atoms with E-state index in [0.717, 1.165) is 0 Å². The average molecular weight is 2850 g/mol. The van der Waals surface area contributed by atoms with E-state index in [2.05, 4.69) is 526 Å². The lowest BCUT2D eigenvalue weighted by Gasteiger charge is -2.62. The van der Waals surface area contributed by atoms with Crippen LogP contribution in [0, 0.1) is 0 Å². The zero-order valence-electron chi connectivity index (χ0n) is 20.9. The van der Waals surface area contributed by atoms with Gasteiger partial charge in [-0.3, -0.25) is 0 Å². The molecule has 0 aromatic heterocycles. The lowest BCUT2D eigenvalue weighted by molar-refractivity contribution is 0.228. The summed E-state index contributed by atoms with van der Waals surface area (Å²) < 4.78 is -20.5. The summed E-state index contributed by atoms with van der Waals surface area (Å²) in [7, 11) is 0. The molecule has 0 rings (SSSR count). The molecule has 50 heavy (non-hydrogen) atoms. The maximum atomic E-state index is 11.0. The van der Waals surface area contributed by atoms with Crippen LogP contribution in [0.5, 0.6) is 0 Å². The first-order chi connectivity index (χ1) is 20.8. The Kier molecular flexibility index (Phi) is 27.8. The summed E-state index contributed by atoms with van der Waals surface area (Å²) in [6.45, 7) is 0. The molecule has 0 aliphatic rings. The van der Waals surface area contributed by atoms with E-state index in [9.17, 15) is 5.11 Å². The lowest BCUT2D eigenvalue weighted by Crippen LogP contribution is -2.73. The van der Waals surface area contributed by atoms with Gasteiger partial charge in [-0.1, -0.05) is 494 Å². The van der Waals surface area contributed by atoms with E-state index in [1.807, 2.05) is 0 Å². The number of hydrogen-bond donors (Lipinski definition) is 1. The first-order valence-electron chi connectivity index (χ1n) is 10.2. The summed E-state index contributed by atoms with van der Waals surface area (Å²) in [6.07, 6.45) is 0. The molecule has 0 bridgehead atoms. The van der Waals surface area contributed by atoms with Gasteiger partial charge in [0.1, 0.15) is 42.0 Å². The summed E-state index contributed by atoms with van der Waals surface area (Å²) in [5.41, 5.74) is 0. The largest absolute Gasteiger partial charge is 0.368 e. The van der Waals surface area contributed by atoms with Crippen LogP contribution in [0.1, 0.15) is 0 Å². The molecule has 0 heterocycles. The third-order valence-corrected chi connectivity index (χ3v) is 75.1. The molecule has 0 aromatic carbocycles. The van der Waals surface area contributed by atoms with Crippen LogP contribution in [0.4, 0.5) is 0 Å². The van der Waals surface area contributed by atoms with Crippen LogP contribution in [0.2, 0.25) is 0 Å². The van der Waals surface area contributed by atoms with E-state index in [1.54, 1.807) is 0 Å². The molecule has 0 aromatic rings. The molecule has 302 valence electrons. The third-order valence-electron chi connectivity index (χ3n) is 5.86. The Labute approximate surface area is 567 Å². The number of rotatable bonds is 14. The Morgan fingerprint density at radius 2 is 0.260 bits per heavy atom. The van der Waals surface area contributed by atoms with Crippen molar-refractivity contribution in [1.82, 2.24) is 0 Å². The molecule has 0 saturated carbocycles. The maximum absolute atomic E-state index is 11.0. The quantitative estimate of drug-likeness (QED) is 0.172. The van der Waals surface area contributed by atoms with Crippen LogP contribution in [0.3, 0.4) is 0 Å². The summed E-state index contributed by atoms with van der Waals surface area (Å²) in [5.74, 6) is 0. The van der Waals surface area contributed by atoms with Crippen molar-refractivity contribution in [2.75, 3.05) is 0 Å². The normalized spacial score (nSPS) is 17.4. The molecular formula is C16HBr33O. The van der Waals surface area contributed by atoms with Gasteiger partial charge in [0.2, 0.25) is 3.42 Å². The van der Waals surface area contributed by atoms with Gasteiger partial charge in [-0.05, 0) is 31.9 Å². The molecule has 34 heteroatoms. The van der Waals surface area contributed by atoms with Gasteiger partial charge in [-0.15, -0.1) is 0 Å². The molecule has 0 saturated heterocycles. The highest BCUT2D eigenvalue weighted by Crippen LogP contribution is 2.83. The number of alkyl halides is 33. The maximum Gasteiger partial charge on any atom is 0.202 e. The Hall–Kier alpha value is 15.8. The fourth-order valence-corrected chi connectivity index (χ4v) is 35.1. The molecule has 0 fully saturated rings. The monoisotopic (exact) mass is 2810 g/mol. The van der Waals surface area contributed by atoms with Crippen molar-refractivity contribution in [2.45, 2.75) is 50.8 Å². The second-order valence-electron chi connectivity index (χ2n) is 9.08. The van der Waals surface area contributed by atoms with Crippen molar-refractivity contribution < 1.29 is 5.11 Å². The molecule has 0 aliphatic heterocycles. The van der Waals surface area contributed by atoms with Crippen LogP contribution >= 0.6 is 526 Å². The van der Waals surface area contributed by atoms with Crippen molar-refractivity contribution in [3.8, 4) is 0 Å². The first-order valence-corrected chi connectivity index (χ1v) is 36.4. The van der Waals surface area contributed by atoms with Crippen molar-refractivity contribution in [2.24, 2.45) is 0 Å². The topological polar surface area (TPSA) is 20.2 Å². The fraction of sp³-hybridized carbons (Fsp3) is 1.00. The molecule has 0 radical (unpaired) electrons. The van der Waals surface area contributed by atoms with Gasteiger partial charge < -0.3 is 5.11 Å². The summed E-state index contributed by atoms with van der Waals surface area (Å²) in [5, 5.41) is 11.0. The molecule has 0 amide bonds. The predicted molar refractivity (Wildman–Crippen MR) is 341 cm³/mol. The van der Waals surface area contributed by atoms with Crippen molar-refractivity contribution in [3.63, 3.8) is 0 Å². The Morgan fingerprint density at radius 3 is 0.360 bits per heavy atom. The minimum absolute atomic E-state index is 0.905. The lowest BCUT2D eigenvalue weighted by atomic mass is 10.0. The van der Waals surface area contributed by atoms with Gasteiger partial charge >= 0.3 is 0 Å². The summed E-state index contributed by atoms with van der Waals surface area (Å²) in [4.78, 5) is 0. The van der Waals surface area contributed by atoms with Crippen LogP contribution < -0.4 is 0 Å². The highest BCUT2D eigenvalue weighted by Gasteiger charge is 2.83. The van der Waals surface area contributed by atoms with Crippen LogP contribution in [0.15, 0.2) is 0 Å². The van der Waals surface area contributed by atoms with E-state index in [4.69, 9.17) is 0 Å². The van der Waals surface area contributed by atoms with Crippen molar-refractivity contribution >= 4 is 526 Å². The zero-order valence-corrected chi connectivity index (χ0v) is 73.3. The van der Waals surface area contributed by atoms with Crippen molar-refractivity contribution in [1.29, 1.82) is 0 Å². The Morgan fingerprint density at radius 1 is 0.160 bits per heavy atom. The van der Waals surface area contributed by atoms with Crippen molar-refractivity contribution in [3.05, 3.63) is 0 Å². The minimum atomic E-state index is -1.71. The molecule has 0 spiro atoms. The number of hydrogen-bond acceptors (Lipinski definition) is 1. The molecule has 0 aliphatic carbocycles. The van der Waals surface area contributed by atoms with Gasteiger partial charge in [-0.25, -0.2) is 0 Å². The van der Waals surface area contributed by atoms with E-state index in [1.165, 1.54) is 0 Å². The SMILES string of the molecule is OC(Br)(Br)C(Br)(Br)C(Br)(Br)C(Br)(Br)C(Br)(Br)C(Br)(Br)C(Br)(Br)C(Br)(Br)C(Br)(Br)C(Br)(Br)C(Br)(Br)C(Br)(Br)C(Br)(Br)C(Br)(Br)C(Br)(Br)C(Br)(Br)Br.